The molecule has 2 aromatic rings. The number of anilines is 2. The van der Waals surface area contributed by atoms with Crippen molar-refractivity contribution in [3.8, 4) is 0 Å². The first-order valence-electron chi connectivity index (χ1n) is 10.2. The van der Waals surface area contributed by atoms with Gasteiger partial charge >= 0.3 is 0 Å². The lowest BCUT2D eigenvalue weighted by Gasteiger charge is -2.18. The van der Waals surface area contributed by atoms with Gasteiger partial charge < -0.3 is 15.5 Å². The standard InChI is InChI=1S/C23H29N5O2/c1-15(2)19-14-16(21(29)27-23-24-11-6-12-25-23)9-10-20(19)26-18-8-5-7-17(13-18)22(30)28(3)4/h5,7-10,13-15,26H,6,11-12H2,1-4H3,(H2,24,25,27,29). The summed E-state index contributed by atoms with van der Waals surface area (Å²) in [6.07, 6.45) is 0.971. The first-order valence-corrected chi connectivity index (χ1v) is 10.2. The van der Waals surface area contributed by atoms with Gasteiger partial charge in [-0.3, -0.25) is 19.9 Å². The van der Waals surface area contributed by atoms with E-state index in [1.54, 1.807) is 31.1 Å². The summed E-state index contributed by atoms with van der Waals surface area (Å²) in [6, 6.07) is 13.0. The molecule has 7 nitrogen and oxygen atoms in total. The quantitative estimate of drug-likeness (QED) is 0.710. The largest absolute Gasteiger partial charge is 0.356 e. The summed E-state index contributed by atoms with van der Waals surface area (Å²) in [5, 5.41) is 9.33. The molecule has 0 radical (unpaired) electrons. The van der Waals surface area contributed by atoms with E-state index >= 15 is 0 Å². The molecule has 7 heteroatoms. The van der Waals surface area contributed by atoms with E-state index in [1.165, 1.54) is 0 Å². The minimum atomic E-state index is -0.185. The predicted octanol–water partition coefficient (Wildman–Crippen LogP) is 3.33. The molecule has 2 aromatic carbocycles. The molecule has 0 bridgehead atoms. The number of aliphatic imine (C=N–C) groups is 1. The van der Waals surface area contributed by atoms with Gasteiger partial charge in [0.25, 0.3) is 11.8 Å². The highest BCUT2D eigenvalue weighted by Crippen LogP contribution is 2.29. The number of carbonyl (C=O) groups is 2. The molecule has 0 saturated carbocycles. The summed E-state index contributed by atoms with van der Waals surface area (Å²) in [5.41, 5.74) is 3.95. The van der Waals surface area contributed by atoms with Crippen molar-refractivity contribution in [2.45, 2.75) is 26.2 Å². The van der Waals surface area contributed by atoms with Crippen molar-refractivity contribution in [3.05, 3.63) is 59.2 Å². The number of carbonyl (C=O) groups excluding carboxylic acids is 2. The molecule has 30 heavy (non-hydrogen) atoms. The lowest BCUT2D eigenvalue weighted by atomic mass is 9.98. The fourth-order valence-electron chi connectivity index (χ4n) is 3.24. The average molecular weight is 408 g/mol. The summed E-state index contributed by atoms with van der Waals surface area (Å²) in [6.45, 7) is 5.70. The molecule has 2 amide bonds. The summed E-state index contributed by atoms with van der Waals surface area (Å²) in [4.78, 5) is 30.7. The Balaban J connectivity index is 1.82. The number of rotatable bonds is 5. The summed E-state index contributed by atoms with van der Waals surface area (Å²) < 4.78 is 0. The van der Waals surface area contributed by atoms with Crippen molar-refractivity contribution in [3.63, 3.8) is 0 Å². The molecule has 0 atom stereocenters. The Bertz CT molecular complexity index is 966. The molecule has 1 heterocycles. The predicted molar refractivity (Wildman–Crippen MR) is 121 cm³/mol. The summed E-state index contributed by atoms with van der Waals surface area (Å²) in [5.74, 6) is 0.503. The number of amides is 2. The third-order valence-electron chi connectivity index (χ3n) is 4.86. The summed E-state index contributed by atoms with van der Waals surface area (Å²) >= 11 is 0. The maximum absolute atomic E-state index is 12.6. The second kappa shape index (κ2) is 9.43. The zero-order valence-electron chi connectivity index (χ0n) is 18.0. The maximum Gasteiger partial charge on any atom is 0.257 e. The molecule has 0 saturated heterocycles. The summed E-state index contributed by atoms with van der Waals surface area (Å²) in [7, 11) is 3.47. The van der Waals surface area contributed by atoms with Gasteiger partial charge in [-0.05, 0) is 54.3 Å². The monoisotopic (exact) mass is 407 g/mol. The highest BCUT2D eigenvalue weighted by Gasteiger charge is 2.15. The van der Waals surface area contributed by atoms with E-state index in [-0.39, 0.29) is 17.7 Å². The van der Waals surface area contributed by atoms with Crippen LogP contribution in [-0.4, -0.2) is 49.9 Å². The smallest absolute Gasteiger partial charge is 0.257 e. The van der Waals surface area contributed by atoms with Gasteiger partial charge in [0.1, 0.15) is 0 Å². The van der Waals surface area contributed by atoms with Crippen LogP contribution in [0.2, 0.25) is 0 Å². The molecule has 0 aromatic heterocycles. The molecular formula is C23H29N5O2. The van der Waals surface area contributed by atoms with Crippen LogP contribution >= 0.6 is 0 Å². The van der Waals surface area contributed by atoms with Gasteiger partial charge in [-0.15, -0.1) is 0 Å². The molecular weight excluding hydrogens is 378 g/mol. The maximum atomic E-state index is 12.6. The second-order valence-electron chi connectivity index (χ2n) is 7.83. The van der Waals surface area contributed by atoms with Crippen LogP contribution in [0.3, 0.4) is 0 Å². The number of hydrogen-bond acceptors (Lipinski definition) is 5. The third-order valence-corrected chi connectivity index (χ3v) is 4.86. The Morgan fingerprint density at radius 3 is 2.57 bits per heavy atom. The molecule has 0 fully saturated rings. The van der Waals surface area contributed by atoms with Gasteiger partial charge in [0.05, 0.1) is 0 Å². The lowest BCUT2D eigenvalue weighted by molar-refractivity contribution is 0.0827. The van der Waals surface area contributed by atoms with Crippen LogP contribution in [0, 0.1) is 0 Å². The minimum Gasteiger partial charge on any atom is -0.356 e. The number of nitrogens with zero attached hydrogens (tertiary/aromatic N) is 2. The Morgan fingerprint density at radius 1 is 1.10 bits per heavy atom. The molecule has 158 valence electrons. The number of guanidine groups is 1. The van der Waals surface area contributed by atoms with Gasteiger partial charge in [0.2, 0.25) is 0 Å². The van der Waals surface area contributed by atoms with Gasteiger partial charge in [0, 0.05) is 49.7 Å². The van der Waals surface area contributed by atoms with Crippen molar-refractivity contribution < 1.29 is 9.59 Å². The van der Waals surface area contributed by atoms with Gasteiger partial charge in [-0.2, -0.15) is 0 Å². The number of nitrogens with one attached hydrogen (secondary N) is 3. The van der Waals surface area contributed by atoms with Gasteiger partial charge in [-0.25, -0.2) is 0 Å². The van der Waals surface area contributed by atoms with E-state index in [2.05, 4.69) is 34.8 Å². The first kappa shape index (κ1) is 21.4. The van der Waals surface area contributed by atoms with E-state index < -0.39 is 0 Å². The van der Waals surface area contributed by atoms with Gasteiger partial charge in [-0.1, -0.05) is 19.9 Å². The van der Waals surface area contributed by atoms with E-state index in [4.69, 9.17) is 0 Å². The Kier molecular flexibility index (Phi) is 6.72. The van der Waals surface area contributed by atoms with Crippen molar-refractivity contribution in [2.24, 2.45) is 4.99 Å². The SMILES string of the molecule is CC(C)c1cc(C(=O)NC2=NCCCN2)ccc1Nc1cccc(C(=O)N(C)C)c1. The lowest BCUT2D eigenvalue weighted by Crippen LogP contribution is -2.43. The second-order valence-corrected chi connectivity index (χ2v) is 7.83. The zero-order chi connectivity index (χ0) is 21.7. The van der Waals surface area contributed by atoms with Crippen molar-refractivity contribution in [2.75, 3.05) is 32.5 Å². The van der Waals surface area contributed by atoms with E-state index in [9.17, 15) is 9.59 Å². The van der Waals surface area contributed by atoms with Crippen molar-refractivity contribution >= 4 is 29.1 Å². The van der Waals surface area contributed by atoms with Crippen LogP contribution in [-0.2, 0) is 0 Å². The number of hydrogen-bond donors (Lipinski definition) is 3. The highest BCUT2D eigenvalue weighted by atomic mass is 16.2. The fraction of sp³-hybridized carbons (Fsp3) is 0.348. The van der Waals surface area contributed by atoms with Gasteiger partial charge in [0.15, 0.2) is 5.96 Å². The van der Waals surface area contributed by atoms with Crippen LogP contribution < -0.4 is 16.0 Å². The third kappa shape index (κ3) is 5.17. The Hall–Kier alpha value is -3.35. The van der Waals surface area contributed by atoms with E-state index in [1.807, 2.05) is 30.3 Å². The molecule has 0 aliphatic carbocycles. The molecule has 0 spiro atoms. The Morgan fingerprint density at radius 2 is 1.90 bits per heavy atom. The van der Waals surface area contributed by atoms with Crippen molar-refractivity contribution in [1.29, 1.82) is 0 Å². The number of benzene rings is 2. The van der Waals surface area contributed by atoms with Crippen LogP contribution in [0.1, 0.15) is 52.5 Å². The topological polar surface area (TPSA) is 85.8 Å². The molecule has 3 rings (SSSR count). The van der Waals surface area contributed by atoms with Crippen LogP contribution in [0.15, 0.2) is 47.5 Å². The zero-order valence-corrected chi connectivity index (χ0v) is 18.0. The van der Waals surface area contributed by atoms with Crippen LogP contribution in [0.4, 0.5) is 11.4 Å². The van der Waals surface area contributed by atoms with E-state index in [0.29, 0.717) is 17.1 Å². The molecule has 0 unspecified atom stereocenters. The normalized spacial score (nSPS) is 13.3. The minimum absolute atomic E-state index is 0.0472. The first-order chi connectivity index (χ1) is 14.3. The molecule has 1 aliphatic rings. The van der Waals surface area contributed by atoms with Crippen LogP contribution in [0.5, 0.6) is 0 Å². The van der Waals surface area contributed by atoms with Crippen LogP contribution in [0.25, 0.3) is 0 Å². The fourth-order valence-corrected chi connectivity index (χ4v) is 3.24. The van der Waals surface area contributed by atoms with Crippen molar-refractivity contribution in [1.82, 2.24) is 15.5 Å². The molecule has 1 aliphatic heterocycles. The highest BCUT2D eigenvalue weighted by molar-refractivity contribution is 6.06. The Labute approximate surface area is 177 Å². The average Bonchev–Trinajstić information content (AvgIpc) is 2.74. The molecule has 3 N–H and O–H groups in total. The van der Waals surface area contributed by atoms with E-state index in [0.717, 1.165) is 36.4 Å².